The second-order valence-corrected chi connectivity index (χ2v) is 5.17. The monoisotopic (exact) mass is 253 g/mol. The summed E-state index contributed by atoms with van der Waals surface area (Å²) in [6.07, 6.45) is 7.85. The molecular weight excluding hydrogens is 230 g/mol. The van der Waals surface area contributed by atoms with Crippen molar-refractivity contribution in [1.29, 1.82) is 0 Å². The molecule has 0 unspecified atom stereocenters. The maximum Gasteiger partial charge on any atom is 0.331 e. The van der Waals surface area contributed by atoms with Crippen molar-refractivity contribution in [2.24, 2.45) is 5.92 Å². The maximum atomic E-state index is 11.5. The van der Waals surface area contributed by atoms with Crippen LogP contribution in [-0.2, 0) is 14.3 Å². The van der Waals surface area contributed by atoms with E-state index in [1.54, 1.807) is 0 Å². The molecule has 0 radical (unpaired) electrons. The lowest BCUT2D eigenvalue weighted by atomic mass is 9.98. The first kappa shape index (κ1) is 14.7. The van der Waals surface area contributed by atoms with Gasteiger partial charge in [-0.15, -0.1) is 0 Å². The first-order valence-corrected chi connectivity index (χ1v) is 6.74. The number of nitrogens with one attached hydrogen (secondary N) is 1. The third kappa shape index (κ3) is 6.42. The van der Waals surface area contributed by atoms with Crippen molar-refractivity contribution in [2.75, 3.05) is 6.54 Å². The molecule has 1 saturated carbocycles. The quantitative estimate of drug-likeness (QED) is 0.603. The summed E-state index contributed by atoms with van der Waals surface area (Å²) >= 11 is 0. The van der Waals surface area contributed by atoms with Crippen molar-refractivity contribution in [3.05, 3.63) is 12.2 Å². The lowest BCUT2D eigenvalue weighted by Gasteiger charge is -2.20. The molecule has 0 bridgehead atoms. The van der Waals surface area contributed by atoms with Crippen molar-refractivity contribution in [3.63, 3.8) is 0 Å². The average Bonchev–Trinajstić information content (AvgIpc) is 2.35. The van der Waals surface area contributed by atoms with Gasteiger partial charge in [-0.05, 0) is 31.6 Å². The molecule has 0 aromatic carbocycles. The van der Waals surface area contributed by atoms with Crippen LogP contribution in [0.3, 0.4) is 0 Å². The zero-order valence-electron chi connectivity index (χ0n) is 11.3. The van der Waals surface area contributed by atoms with Crippen LogP contribution < -0.4 is 5.32 Å². The zero-order chi connectivity index (χ0) is 13.4. The van der Waals surface area contributed by atoms with E-state index in [2.05, 4.69) is 5.32 Å². The number of rotatable bonds is 5. The standard InChI is InChI=1S/C14H23NO3/c1-11(2)10-15-13(16)8-9-14(17)18-12-6-4-3-5-7-12/h8-9,11-12H,3-7,10H2,1-2H3,(H,15,16)/b9-8-. The van der Waals surface area contributed by atoms with Crippen LogP contribution in [0.25, 0.3) is 0 Å². The maximum absolute atomic E-state index is 11.5. The minimum Gasteiger partial charge on any atom is -0.459 e. The highest BCUT2D eigenvalue weighted by molar-refractivity contribution is 5.94. The molecule has 0 spiro atoms. The van der Waals surface area contributed by atoms with Crippen molar-refractivity contribution in [3.8, 4) is 0 Å². The Morgan fingerprint density at radius 2 is 1.89 bits per heavy atom. The first-order valence-electron chi connectivity index (χ1n) is 6.74. The molecule has 18 heavy (non-hydrogen) atoms. The lowest BCUT2D eigenvalue weighted by molar-refractivity contribution is -0.144. The van der Waals surface area contributed by atoms with Gasteiger partial charge in [-0.2, -0.15) is 0 Å². The minimum atomic E-state index is -0.415. The molecule has 0 atom stereocenters. The van der Waals surface area contributed by atoms with Crippen molar-refractivity contribution < 1.29 is 14.3 Å². The van der Waals surface area contributed by atoms with Gasteiger partial charge in [-0.1, -0.05) is 20.3 Å². The summed E-state index contributed by atoms with van der Waals surface area (Å²) in [5, 5.41) is 2.71. The zero-order valence-corrected chi connectivity index (χ0v) is 11.3. The Labute approximate surface area is 109 Å². The fraction of sp³-hybridized carbons (Fsp3) is 0.714. The molecule has 1 rings (SSSR count). The Kier molecular flexibility index (Phi) is 6.47. The van der Waals surface area contributed by atoms with E-state index < -0.39 is 5.97 Å². The van der Waals surface area contributed by atoms with Crippen LogP contribution in [0.4, 0.5) is 0 Å². The topological polar surface area (TPSA) is 55.4 Å². The van der Waals surface area contributed by atoms with Gasteiger partial charge >= 0.3 is 5.97 Å². The van der Waals surface area contributed by atoms with Crippen LogP contribution in [-0.4, -0.2) is 24.5 Å². The van der Waals surface area contributed by atoms with Gasteiger partial charge in [0.15, 0.2) is 0 Å². The van der Waals surface area contributed by atoms with E-state index in [0.29, 0.717) is 12.5 Å². The minimum absolute atomic E-state index is 0.0367. The summed E-state index contributed by atoms with van der Waals surface area (Å²) in [5.74, 6) is -0.262. The van der Waals surface area contributed by atoms with Gasteiger partial charge in [0.25, 0.3) is 0 Å². The molecule has 1 fully saturated rings. The third-order valence-corrected chi connectivity index (χ3v) is 2.89. The molecule has 1 N–H and O–H groups in total. The van der Waals surface area contributed by atoms with E-state index >= 15 is 0 Å². The molecule has 102 valence electrons. The predicted molar refractivity (Wildman–Crippen MR) is 70.0 cm³/mol. The summed E-state index contributed by atoms with van der Waals surface area (Å²) in [7, 11) is 0. The third-order valence-electron chi connectivity index (χ3n) is 2.89. The molecule has 4 nitrogen and oxygen atoms in total. The molecule has 1 amide bonds. The summed E-state index contributed by atoms with van der Waals surface area (Å²) in [6, 6.07) is 0. The molecule has 0 heterocycles. The van der Waals surface area contributed by atoms with Crippen LogP contribution in [0.5, 0.6) is 0 Å². The Morgan fingerprint density at radius 3 is 2.50 bits per heavy atom. The SMILES string of the molecule is CC(C)CNC(=O)/C=C\C(=O)OC1CCCCC1. The Morgan fingerprint density at radius 1 is 1.22 bits per heavy atom. The van der Waals surface area contributed by atoms with Gasteiger partial charge in [-0.25, -0.2) is 4.79 Å². The molecule has 1 aliphatic rings. The smallest absolute Gasteiger partial charge is 0.331 e. The number of carbonyl (C=O) groups excluding carboxylic acids is 2. The van der Waals surface area contributed by atoms with Crippen LogP contribution in [0, 0.1) is 5.92 Å². The fourth-order valence-corrected chi connectivity index (χ4v) is 1.89. The molecule has 0 saturated heterocycles. The van der Waals surface area contributed by atoms with Gasteiger partial charge in [0.2, 0.25) is 5.91 Å². The highest BCUT2D eigenvalue weighted by Gasteiger charge is 2.16. The first-order chi connectivity index (χ1) is 8.58. The summed E-state index contributed by atoms with van der Waals surface area (Å²) in [4.78, 5) is 22.8. The van der Waals surface area contributed by atoms with Crippen LogP contribution in [0.15, 0.2) is 12.2 Å². The van der Waals surface area contributed by atoms with Crippen molar-refractivity contribution >= 4 is 11.9 Å². The van der Waals surface area contributed by atoms with Gasteiger partial charge in [0, 0.05) is 18.7 Å². The number of ether oxygens (including phenoxy) is 1. The predicted octanol–water partition coefficient (Wildman–Crippen LogP) is 2.19. The molecule has 4 heteroatoms. The number of amides is 1. The summed E-state index contributed by atoms with van der Waals surface area (Å²) in [6.45, 7) is 4.64. The lowest BCUT2D eigenvalue weighted by Crippen LogP contribution is -2.26. The van der Waals surface area contributed by atoms with Gasteiger partial charge in [0.1, 0.15) is 6.10 Å². The number of carbonyl (C=O) groups is 2. The number of hydrogen-bond acceptors (Lipinski definition) is 3. The van der Waals surface area contributed by atoms with Gasteiger partial charge in [-0.3, -0.25) is 4.79 Å². The Balaban J connectivity index is 2.23. The molecule has 0 aromatic heterocycles. The van der Waals surface area contributed by atoms with E-state index in [1.165, 1.54) is 18.6 Å². The van der Waals surface area contributed by atoms with E-state index in [0.717, 1.165) is 25.7 Å². The fourth-order valence-electron chi connectivity index (χ4n) is 1.89. The highest BCUT2D eigenvalue weighted by Crippen LogP contribution is 2.20. The largest absolute Gasteiger partial charge is 0.459 e. The second-order valence-electron chi connectivity index (χ2n) is 5.17. The highest BCUT2D eigenvalue weighted by atomic mass is 16.5. The van der Waals surface area contributed by atoms with Crippen LogP contribution in [0.2, 0.25) is 0 Å². The van der Waals surface area contributed by atoms with Crippen molar-refractivity contribution in [1.82, 2.24) is 5.32 Å². The molecule has 0 aliphatic heterocycles. The normalized spacial score (nSPS) is 17.1. The van der Waals surface area contributed by atoms with E-state index in [1.807, 2.05) is 13.8 Å². The second kappa shape index (κ2) is 7.90. The molecular formula is C14H23NO3. The van der Waals surface area contributed by atoms with E-state index in [4.69, 9.17) is 4.74 Å². The Bertz CT molecular complexity index is 304. The Hall–Kier alpha value is -1.32. The average molecular weight is 253 g/mol. The van der Waals surface area contributed by atoms with Gasteiger partial charge < -0.3 is 10.1 Å². The number of hydrogen-bond donors (Lipinski definition) is 1. The number of esters is 1. The van der Waals surface area contributed by atoms with Crippen LogP contribution >= 0.6 is 0 Å². The van der Waals surface area contributed by atoms with Crippen LogP contribution in [0.1, 0.15) is 46.0 Å². The molecule has 0 aromatic rings. The van der Waals surface area contributed by atoms with Gasteiger partial charge in [0.05, 0.1) is 0 Å². The van der Waals surface area contributed by atoms with E-state index in [-0.39, 0.29) is 12.0 Å². The van der Waals surface area contributed by atoms with Crippen molar-refractivity contribution in [2.45, 2.75) is 52.1 Å². The summed E-state index contributed by atoms with van der Waals surface area (Å²) < 4.78 is 5.26. The van der Waals surface area contributed by atoms with E-state index in [9.17, 15) is 9.59 Å². The summed E-state index contributed by atoms with van der Waals surface area (Å²) in [5.41, 5.74) is 0. The molecule has 1 aliphatic carbocycles.